The van der Waals surface area contributed by atoms with Crippen LogP contribution in [0.1, 0.15) is 23.0 Å². The zero-order chi connectivity index (χ0) is 19.9. The second-order valence-electron chi connectivity index (χ2n) is 6.46. The summed E-state index contributed by atoms with van der Waals surface area (Å²) in [6.07, 6.45) is 2.28. The molecule has 1 amide bonds. The van der Waals surface area contributed by atoms with Crippen molar-refractivity contribution in [3.8, 4) is 0 Å². The second-order valence-corrected chi connectivity index (χ2v) is 7.70. The van der Waals surface area contributed by atoms with Crippen LogP contribution < -0.4 is 5.32 Å². The lowest BCUT2D eigenvalue weighted by Crippen LogP contribution is -2.36. The Balaban J connectivity index is 1.50. The molecule has 0 spiro atoms. The van der Waals surface area contributed by atoms with E-state index in [2.05, 4.69) is 49.7 Å². The molecule has 0 aliphatic carbocycles. The van der Waals surface area contributed by atoms with Crippen molar-refractivity contribution >= 4 is 39.5 Å². The number of hydrogen-bond donors (Lipinski definition) is 1. The number of rotatable bonds is 8. The van der Waals surface area contributed by atoms with Crippen molar-refractivity contribution in [3.05, 3.63) is 69.3 Å². The van der Waals surface area contributed by atoms with Gasteiger partial charge in [-0.25, -0.2) is 9.37 Å². The van der Waals surface area contributed by atoms with Crippen molar-refractivity contribution in [1.29, 1.82) is 0 Å². The Morgan fingerprint density at radius 3 is 2.82 bits per heavy atom. The Morgan fingerprint density at radius 2 is 2.04 bits per heavy atom. The SMILES string of the molecule is CCN(CCNC(=O)c1cnc2cc(I)ccc2n1)CCc1cccc(F)c1. The van der Waals surface area contributed by atoms with E-state index < -0.39 is 0 Å². The highest BCUT2D eigenvalue weighted by Crippen LogP contribution is 2.13. The van der Waals surface area contributed by atoms with E-state index >= 15 is 0 Å². The number of halogens is 2. The smallest absolute Gasteiger partial charge is 0.271 e. The summed E-state index contributed by atoms with van der Waals surface area (Å²) in [7, 11) is 0. The van der Waals surface area contributed by atoms with Gasteiger partial charge >= 0.3 is 0 Å². The number of benzene rings is 2. The van der Waals surface area contributed by atoms with Gasteiger partial charge in [0.05, 0.1) is 17.2 Å². The number of amides is 1. The van der Waals surface area contributed by atoms with Gasteiger partial charge < -0.3 is 10.2 Å². The lowest BCUT2D eigenvalue weighted by molar-refractivity contribution is 0.0943. The van der Waals surface area contributed by atoms with Crippen molar-refractivity contribution in [1.82, 2.24) is 20.2 Å². The van der Waals surface area contributed by atoms with Crippen molar-refractivity contribution in [3.63, 3.8) is 0 Å². The predicted molar refractivity (Wildman–Crippen MR) is 117 cm³/mol. The summed E-state index contributed by atoms with van der Waals surface area (Å²) < 4.78 is 14.3. The van der Waals surface area contributed by atoms with Crippen molar-refractivity contribution in [2.75, 3.05) is 26.2 Å². The average Bonchev–Trinajstić information content (AvgIpc) is 2.70. The molecule has 7 heteroatoms. The van der Waals surface area contributed by atoms with Gasteiger partial charge in [-0.3, -0.25) is 9.78 Å². The monoisotopic (exact) mass is 492 g/mol. The fraction of sp³-hybridized carbons (Fsp3) is 0.286. The lowest BCUT2D eigenvalue weighted by atomic mass is 10.1. The number of nitrogens with one attached hydrogen (secondary N) is 1. The topological polar surface area (TPSA) is 58.1 Å². The molecule has 0 unspecified atom stereocenters. The maximum atomic E-state index is 13.3. The number of fused-ring (bicyclic) bond motifs is 1. The van der Waals surface area contributed by atoms with Gasteiger partial charge in [-0.1, -0.05) is 19.1 Å². The van der Waals surface area contributed by atoms with Crippen LogP contribution >= 0.6 is 22.6 Å². The number of likely N-dealkylation sites (N-methyl/N-ethyl adjacent to an activating group) is 1. The van der Waals surface area contributed by atoms with Crippen LogP contribution in [-0.4, -0.2) is 47.0 Å². The van der Waals surface area contributed by atoms with E-state index in [0.717, 1.165) is 40.7 Å². The average molecular weight is 492 g/mol. The van der Waals surface area contributed by atoms with Crippen molar-refractivity contribution < 1.29 is 9.18 Å². The molecule has 28 heavy (non-hydrogen) atoms. The quantitative estimate of drug-likeness (QED) is 0.488. The van der Waals surface area contributed by atoms with Gasteiger partial charge in [0, 0.05) is 23.2 Å². The number of aromatic nitrogens is 2. The minimum absolute atomic E-state index is 0.209. The fourth-order valence-electron chi connectivity index (χ4n) is 2.92. The Morgan fingerprint density at radius 1 is 1.18 bits per heavy atom. The third-order valence-corrected chi connectivity index (χ3v) is 5.17. The minimum atomic E-state index is -0.228. The lowest BCUT2D eigenvalue weighted by Gasteiger charge is -2.20. The van der Waals surface area contributed by atoms with E-state index in [4.69, 9.17) is 0 Å². The number of carbonyl (C=O) groups excluding carboxylic acids is 1. The van der Waals surface area contributed by atoms with Crippen molar-refractivity contribution in [2.45, 2.75) is 13.3 Å². The predicted octanol–water partition coefficient (Wildman–Crippen LogP) is 3.67. The molecule has 0 radical (unpaired) electrons. The van der Waals surface area contributed by atoms with E-state index in [-0.39, 0.29) is 11.7 Å². The van der Waals surface area contributed by atoms with Gasteiger partial charge in [-0.15, -0.1) is 0 Å². The number of nitrogens with zero attached hydrogens (tertiary/aromatic N) is 3. The number of hydrogen-bond acceptors (Lipinski definition) is 4. The zero-order valence-corrected chi connectivity index (χ0v) is 17.8. The molecule has 0 bridgehead atoms. The first-order chi connectivity index (χ1) is 13.5. The van der Waals surface area contributed by atoms with E-state index in [1.165, 1.54) is 12.3 Å². The summed E-state index contributed by atoms with van der Waals surface area (Å²) in [5, 5.41) is 2.90. The van der Waals surface area contributed by atoms with Crippen LogP contribution in [0.5, 0.6) is 0 Å². The molecule has 0 saturated heterocycles. The first-order valence-electron chi connectivity index (χ1n) is 9.22. The molecule has 1 N–H and O–H groups in total. The molecule has 3 aromatic rings. The van der Waals surface area contributed by atoms with Gasteiger partial charge in [0.25, 0.3) is 5.91 Å². The maximum Gasteiger partial charge on any atom is 0.271 e. The summed E-state index contributed by atoms with van der Waals surface area (Å²) in [5.74, 6) is -0.437. The Labute approximate surface area is 177 Å². The zero-order valence-electron chi connectivity index (χ0n) is 15.7. The highest BCUT2D eigenvalue weighted by atomic mass is 127. The summed E-state index contributed by atoms with van der Waals surface area (Å²) in [5.41, 5.74) is 2.77. The van der Waals surface area contributed by atoms with Crippen LogP contribution in [0.2, 0.25) is 0 Å². The molecule has 1 aromatic heterocycles. The van der Waals surface area contributed by atoms with Crippen LogP contribution in [0.25, 0.3) is 11.0 Å². The van der Waals surface area contributed by atoms with Gasteiger partial charge in [-0.2, -0.15) is 0 Å². The second kappa shape index (κ2) is 9.88. The highest BCUT2D eigenvalue weighted by molar-refractivity contribution is 14.1. The molecule has 0 fully saturated rings. The highest BCUT2D eigenvalue weighted by Gasteiger charge is 2.10. The third-order valence-electron chi connectivity index (χ3n) is 4.50. The number of carbonyl (C=O) groups is 1. The molecule has 3 rings (SSSR count). The molecule has 5 nitrogen and oxygen atoms in total. The van der Waals surface area contributed by atoms with E-state index in [1.807, 2.05) is 24.3 Å². The Bertz CT molecular complexity index is 966. The van der Waals surface area contributed by atoms with Gasteiger partial charge in [-0.05, 0) is 71.5 Å². The van der Waals surface area contributed by atoms with Crippen LogP contribution in [-0.2, 0) is 6.42 Å². The molecule has 2 aromatic carbocycles. The van der Waals surface area contributed by atoms with Crippen LogP contribution in [0.15, 0.2) is 48.7 Å². The molecule has 0 atom stereocenters. The van der Waals surface area contributed by atoms with Gasteiger partial charge in [0.15, 0.2) is 0 Å². The molecule has 0 aliphatic heterocycles. The standard InChI is InChI=1S/C21H22FIN4O/c1-2-27(10-8-15-4-3-5-16(22)12-15)11-9-24-21(28)20-14-25-19-13-17(23)6-7-18(19)26-20/h3-7,12-14H,2,8-11H2,1H3,(H,24,28). The van der Waals surface area contributed by atoms with E-state index in [9.17, 15) is 9.18 Å². The van der Waals surface area contributed by atoms with Crippen molar-refractivity contribution in [2.24, 2.45) is 0 Å². The molecule has 146 valence electrons. The largest absolute Gasteiger partial charge is 0.349 e. The van der Waals surface area contributed by atoms with Crippen LogP contribution in [0.4, 0.5) is 4.39 Å². The minimum Gasteiger partial charge on any atom is -0.349 e. The van der Waals surface area contributed by atoms with Gasteiger partial charge in [0.1, 0.15) is 11.5 Å². The van der Waals surface area contributed by atoms with E-state index in [0.29, 0.717) is 17.8 Å². The van der Waals surface area contributed by atoms with E-state index in [1.54, 1.807) is 12.1 Å². The summed E-state index contributed by atoms with van der Waals surface area (Å²) >= 11 is 2.22. The summed E-state index contributed by atoms with van der Waals surface area (Å²) in [4.78, 5) is 23.3. The molecular weight excluding hydrogens is 470 g/mol. The summed E-state index contributed by atoms with van der Waals surface area (Å²) in [6, 6.07) is 12.4. The molecule has 1 heterocycles. The van der Waals surface area contributed by atoms with Crippen LogP contribution in [0, 0.1) is 9.39 Å². The summed E-state index contributed by atoms with van der Waals surface area (Å²) in [6.45, 7) is 4.98. The molecule has 0 aliphatic rings. The maximum absolute atomic E-state index is 13.3. The molecule has 0 saturated carbocycles. The fourth-order valence-corrected chi connectivity index (χ4v) is 3.39. The van der Waals surface area contributed by atoms with Crippen LogP contribution in [0.3, 0.4) is 0 Å². The Hall–Kier alpha value is -2.13. The Kier molecular flexibility index (Phi) is 7.27. The normalized spacial score (nSPS) is 11.1. The third kappa shape index (κ3) is 5.68. The first kappa shape index (κ1) is 20.6. The van der Waals surface area contributed by atoms with Gasteiger partial charge in [0.2, 0.25) is 0 Å². The molecular formula is C21H22FIN4O. The first-order valence-corrected chi connectivity index (χ1v) is 10.3.